The second-order valence-corrected chi connectivity index (χ2v) is 8.95. The molecule has 1 aliphatic rings. The highest BCUT2D eigenvalue weighted by Gasteiger charge is 2.28. The first kappa shape index (κ1) is 23.5. The fourth-order valence-electron chi connectivity index (χ4n) is 4.71. The fraction of sp³-hybridized carbons (Fsp3) is 0.286. The molecule has 2 aromatic carbocycles. The topological polar surface area (TPSA) is 89.3 Å². The highest BCUT2D eigenvalue weighted by Crippen LogP contribution is 2.23. The van der Waals surface area contributed by atoms with E-state index in [4.69, 9.17) is 4.74 Å². The first-order valence-electron chi connectivity index (χ1n) is 12.2. The molecule has 5 rings (SSSR count). The van der Waals surface area contributed by atoms with Crippen LogP contribution in [-0.4, -0.2) is 40.6 Å². The summed E-state index contributed by atoms with van der Waals surface area (Å²) >= 11 is 0. The number of piperidine rings is 1. The Balaban J connectivity index is 1.30. The molecule has 0 spiro atoms. The average molecular weight is 484 g/mol. The highest BCUT2D eigenvalue weighted by atomic mass is 16.5. The Morgan fingerprint density at radius 1 is 1.03 bits per heavy atom. The molecule has 0 bridgehead atoms. The summed E-state index contributed by atoms with van der Waals surface area (Å²) in [6.07, 6.45) is 2.99. The quantitative estimate of drug-likeness (QED) is 0.434. The smallest absolute Gasteiger partial charge is 0.295 e. The zero-order valence-corrected chi connectivity index (χ0v) is 20.3. The van der Waals surface area contributed by atoms with E-state index < -0.39 is 0 Å². The molecule has 4 aromatic rings. The minimum absolute atomic E-state index is 0.0257. The average Bonchev–Trinajstić information content (AvgIpc) is 2.94. The summed E-state index contributed by atoms with van der Waals surface area (Å²) < 4.78 is 7.07. The number of carbonyl (C=O) groups is 1. The number of ether oxygens (including phenoxy) is 1. The number of fused-ring (bicyclic) bond motifs is 1. The van der Waals surface area contributed by atoms with Crippen molar-refractivity contribution in [2.24, 2.45) is 5.92 Å². The number of carbonyl (C=O) groups excluding carboxylic acids is 1. The van der Waals surface area contributed by atoms with Crippen LogP contribution in [0.1, 0.15) is 24.0 Å². The van der Waals surface area contributed by atoms with Gasteiger partial charge in [-0.25, -0.2) is 9.97 Å². The molecule has 1 fully saturated rings. The molecule has 0 radical (unpaired) electrons. The minimum atomic E-state index is -0.163. The molecule has 1 aliphatic heterocycles. The number of amides is 1. The number of para-hydroxylation sites is 1. The van der Waals surface area contributed by atoms with E-state index in [2.05, 4.69) is 15.3 Å². The van der Waals surface area contributed by atoms with E-state index in [1.165, 1.54) is 0 Å². The van der Waals surface area contributed by atoms with Gasteiger partial charge in [-0.3, -0.25) is 14.2 Å². The van der Waals surface area contributed by atoms with Crippen molar-refractivity contribution in [3.63, 3.8) is 0 Å². The third-order valence-electron chi connectivity index (χ3n) is 6.68. The third kappa shape index (κ3) is 4.93. The highest BCUT2D eigenvalue weighted by molar-refractivity contribution is 5.79. The molecule has 0 aliphatic carbocycles. The van der Waals surface area contributed by atoms with E-state index in [9.17, 15) is 9.59 Å². The Hall–Kier alpha value is -4.20. The normalized spacial score (nSPS) is 14.1. The van der Waals surface area contributed by atoms with E-state index in [0.717, 1.165) is 16.9 Å². The first-order chi connectivity index (χ1) is 17.6. The maximum Gasteiger partial charge on any atom is 0.295 e. The van der Waals surface area contributed by atoms with Crippen molar-refractivity contribution in [3.05, 3.63) is 94.4 Å². The summed E-state index contributed by atoms with van der Waals surface area (Å²) in [7, 11) is 1.63. The maximum absolute atomic E-state index is 13.5. The van der Waals surface area contributed by atoms with Crippen LogP contribution in [0, 0.1) is 5.92 Å². The summed E-state index contributed by atoms with van der Waals surface area (Å²) in [6.45, 7) is 2.02. The standard InChI is InChI=1S/C28H29N5O3/c1-36-24-12-6-5-10-22(24)18-30-27(34)21-13-16-32(17-14-21)26-28(35)33(19-20-8-3-2-4-9-20)25-23(31-26)11-7-15-29-25/h2-12,15,21H,13-14,16-19H2,1H3,(H,30,34). The lowest BCUT2D eigenvalue weighted by atomic mass is 9.96. The monoisotopic (exact) mass is 483 g/mol. The molecule has 0 saturated carbocycles. The summed E-state index contributed by atoms with van der Waals surface area (Å²) in [5.74, 6) is 1.10. The van der Waals surface area contributed by atoms with Gasteiger partial charge in [0.2, 0.25) is 5.91 Å². The Kier molecular flexibility index (Phi) is 6.93. The number of methoxy groups -OCH3 is 1. The minimum Gasteiger partial charge on any atom is -0.496 e. The van der Waals surface area contributed by atoms with Crippen LogP contribution in [0.2, 0.25) is 0 Å². The zero-order valence-electron chi connectivity index (χ0n) is 20.3. The van der Waals surface area contributed by atoms with Crippen LogP contribution in [0.25, 0.3) is 11.2 Å². The number of benzene rings is 2. The molecule has 8 nitrogen and oxygen atoms in total. The van der Waals surface area contributed by atoms with Gasteiger partial charge in [0.15, 0.2) is 11.5 Å². The van der Waals surface area contributed by atoms with Crippen LogP contribution in [-0.2, 0) is 17.9 Å². The molecular formula is C28H29N5O3. The maximum atomic E-state index is 13.5. The van der Waals surface area contributed by atoms with Gasteiger partial charge in [-0.2, -0.15) is 0 Å². The number of nitrogens with one attached hydrogen (secondary N) is 1. The van der Waals surface area contributed by atoms with Crippen LogP contribution in [0.4, 0.5) is 5.82 Å². The number of rotatable bonds is 7. The summed E-state index contributed by atoms with van der Waals surface area (Å²) in [6, 6.07) is 21.2. The third-order valence-corrected chi connectivity index (χ3v) is 6.68. The zero-order chi connectivity index (χ0) is 24.9. The number of nitrogens with zero attached hydrogens (tertiary/aromatic N) is 4. The number of pyridine rings is 1. The molecule has 36 heavy (non-hydrogen) atoms. The number of hydrogen-bond donors (Lipinski definition) is 1. The number of aromatic nitrogens is 3. The van der Waals surface area contributed by atoms with Gasteiger partial charge in [0.25, 0.3) is 5.56 Å². The van der Waals surface area contributed by atoms with E-state index in [1.807, 2.05) is 71.6 Å². The molecular weight excluding hydrogens is 454 g/mol. The SMILES string of the molecule is COc1ccccc1CNC(=O)C1CCN(c2nc3cccnc3n(Cc3ccccc3)c2=O)CC1. The van der Waals surface area contributed by atoms with Gasteiger partial charge in [-0.15, -0.1) is 0 Å². The van der Waals surface area contributed by atoms with Gasteiger partial charge in [0.1, 0.15) is 11.3 Å². The second-order valence-electron chi connectivity index (χ2n) is 8.95. The van der Waals surface area contributed by atoms with Crippen LogP contribution in [0.3, 0.4) is 0 Å². The van der Waals surface area contributed by atoms with E-state index in [0.29, 0.717) is 56.0 Å². The van der Waals surface area contributed by atoms with E-state index in [1.54, 1.807) is 17.9 Å². The van der Waals surface area contributed by atoms with Crippen molar-refractivity contribution in [1.29, 1.82) is 0 Å². The van der Waals surface area contributed by atoms with Crippen molar-refractivity contribution in [1.82, 2.24) is 19.9 Å². The van der Waals surface area contributed by atoms with Crippen LogP contribution in [0.15, 0.2) is 77.7 Å². The van der Waals surface area contributed by atoms with Crippen LogP contribution in [0.5, 0.6) is 5.75 Å². The molecule has 2 aromatic heterocycles. The van der Waals surface area contributed by atoms with Crippen LogP contribution < -0.4 is 20.5 Å². The predicted molar refractivity (Wildman–Crippen MR) is 139 cm³/mol. The molecule has 1 N–H and O–H groups in total. The largest absolute Gasteiger partial charge is 0.496 e. The van der Waals surface area contributed by atoms with Crippen LogP contribution >= 0.6 is 0 Å². The van der Waals surface area contributed by atoms with Gasteiger partial charge in [-0.05, 0) is 36.6 Å². The van der Waals surface area contributed by atoms with Gasteiger partial charge in [0.05, 0.1) is 13.7 Å². The van der Waals surface area contributed by atoms with Crippen molar-refractivity contribution in [3.8, 4) is 5.75 Å². The second kappa shape index (κ2) is 10.6. The first-order valence-corrected chi connectivity index (χ1v) is 12.2. The molecule has 184 valence electrons. The van der Waals surface area contributed by atoms with Gasteiger partial charge >= 0.3 is 0 Å². The van der Waals surface area contributed by atoms with Gasteiger partial charge in [0, 0.05) is 37.3 Å². The predicted octanol–water partition coefficient (Wildman–Crippen LogP) is 3.38. The summed E-state index contributed by atoms with van der Waals surface area (Å²) in [5.41, 5.74) is 3.05. The van der Waals surface area contributed by atoms with Crippen molar-refractivity contribution in [2.75, 3.05) is 25.1 Å². The Morgan fingerprint density at radius 3 is 2.56 bits per heavy atom. The molecule has 0 unspecified atom stereocenters. The Bertz CT molecular complexity index is 1410. The van der Waals surface area contributed by atoms with Gasteiger partial charge in [-0.1, -0.05) is 48.5 Å². The molecule has 8 heteroatoms. The fourth-order valence-corrected chi connectivity index (χ4v) is 4.71. The lowest BCUT2D eigenvalue weighted by Gasteiger charge is -2.32. The van der Waals surface area contributed by atoms with Gasteiger partial charge < -0.3 is 15.0 Å². The van der Waals surface area contributed by atoms with Crippen molar-refractivity contribution >= 4 is 22.9 Å². The van der Waals surface area contributed by atoms with E-state index in [-0.39, 0.29) is 17.4 Å². The Morgan fingerprint density at radius 2 is 1.78 bits per heavy atom. The van der Waals surface area contributed by atoms with Crippen molar-refractivity contribution < 1.29 is 9.53 Å². The number of anilines is 1. The summed E-state index contributed by atoms with van der Waals surface area (Å²) in [5, 5.41) is 3.04. The number of hydrogen-bond acceptors (Lipinski definition) is 6. The van der Waals surface area contributed by atoms with Crippen molar-refractivity contribution in [2.45, 2.75) is 25.9 Å². The molecule has 1 amide bonds. The lowest BCUT2D eigenvalue weighted by molar-refractivity contribution is -0.125. The van der Waals surface area contributed by atoms with E-state index >= 15 is 0 Å². The summed E-state index contributed by atoms with van der Waals surface area (Å²) in [4.78, 5) is 37.5. The lowest BCUT2D eigenvalue weighted by Crippen LogP contribution is -2.43. The molecule has 3 heterocycles. The molecule has 0 atom stereocenters. The molecule has 1 saturated heterocycles. The Labute approximate surface area is 209 Å².